The molecule has 0 aliphatic heterocycles. The van der Waals surface area contributed by atoms with Crippen molar-refractivity contribution in [2.75, 3.05) is 39.5 Å². The zero-order valence-electron chi connectivity index (χ0n) is 30.8. The highest BCUT2D eigenvalue weighted by Gasteiger charge is 2.30. The van der Waals surface area contributed by atoms with Crippen molar-refractivity contribution in [2.24, 2.45) is 17.3 Å². The summed E-state index contributed by atoms with van der Waals surface area (Å²) in [6.45, 7) is 15.2. The molecule has 13 nitrogen and oxygen atoms in total. The molecule has 0 bridgehead atoms. The Morgan fingerprint density at radius 3 is 1.98 bits per heavy atom. The molecule has 0 aromatic heterocycles. The molecule has 0 saturated heterocycles. The molecule has 0 aliphatic carbocycles. The van der Waals surface area contributed by atoms with Crippen molar-refractivity contribution in [3.63, 3.8) is 0 Å². The lowest BCUT2D eigenvalue weighted by Crippen LogP contribution is -2.52. The van der Waals surface area contributed by atoms with Gasteiger partial charge in [-0.05, 0) is 44.1 Å². The normalized spacial score (nSPS) is 13.3. The SMILES string of the molecule is CCC(C)(CCC(C)C)OCCC(C)(C)C(=O)NCC(=O)NCC(=O)N[C@@H](Cc1ccccc1)C(=O)NCC(=O)NCNCC(=O)C(C)C. The molecule has 5 amide bonds. The summed E-state index contributed by atoms with van der Waals surface area (Å²) in [4.78, 5) is 75.0. The van der Waals surface area contributed by atoms with Crippen molar-refractivity contribution in [1.29, 1.82) is 0 Å². The van der Waals surface area contributed by atoms with Gasteiger partial charge in [-0.3, -0.25) is 34.1 Å². The van der Waals surface area contributed by atoms with E-state index in [0.717, 1.165) is 24.8 Å². The number of Topliss-reactive ketones (excluding diaryl/α,β-unsaturated/α-hetero) is 1. The Balaban J connectivity index is 2.57. The fourth-order valence-electron chi connectivity index (χ4n) is 4.46. The summed E-state index contributed by atoms with van der Waals surface area (Å²) in [7, 11) is 0. The molecular weight excluding hydrogens is 628 g/mol. The van der Waals surface area contributed by atoms with Crippen molar-refractivity contribution in [1.82, 2.24) is 31.9 Å². The summed E-state index contributed by atoms with van der Waals surface area (Å²) >= 11 is 0. The quantitative estimate of drug-likeness (QED) is 0.0704. The average Bonchev–Trinajstić information content (AvgIpc) is 3.05. The zero-order chi connectivity index (χ0) is 37.0. The molecule has 1 aromatic rings. The van der Waals surface area contributed by atoms with Gasteiger partial charge in [-0.2, -0.15) is 0 Å². The highest BCUT2D eigenvalue weighted by molar-refractivity contribution is 5.93. The third-order valence-corrected chi connectivity index (χ3v) is 8.36. The lowest BCUT2D eigenvalue weighted by atomic mass is 9.88. The van der Waals surface area contributed by atoms with E-state index < -0.39 is 41.6 Å². The maximum atomic E-state index is 13.0. The smallest absolute Gasteiger partial charge is 0.243 e. The molecular formula is C36H60N6O7. The van der Waals surface area contributed by atoms with Gasteiger partial charge in [0.25, 0.3) is 0 Å². The summed E-state index contributed by atoms with van der Waals surface area (Å²) in [6, 6.07) is 8.01. The van der Waals surface area contributed by atoms with Gasteiger partial charge in [0.2, 0.25) is 29.5 Å². The molecule has 0 fully saturated rings. The Bertz CT molecular complexity index is 1220. The highest BCUT2D eigenvalue weighted by Crippen LogP contribution is 2.27. The first kappa shape index (κ1) is 43.2. The van der Waals surface area contributed by atoms with Crippen LogP contribution in [0, 0.1) is 17.3 Å². The van der Waals surface area contributed by atoms with Gasteiger partial charge in [-0.15, -0.1) is 0 Å². The summed E-state index contributed by atoms with van der Waals surface area (Å²) in [6.07, 6.45) is 3.50. The number of nitrogens with one attached hydrogen (secondary N) is 6. The molecule has 13 heteroatoms. The molecule has 0 saturated carbocycles. The molecule has 2 atom stereocenters. The largest absolute Gasteiger partial charge is 0.375 e. The second kappa shape index (κ2) is 22.0. The van der Waals surface area contributed by atoms with Crippen LogP contribution in [0.2, 0.25) is 0 Å². The van der Waals surface area contributed by atoms with E-state index >= 15 is 0 Å². The van der Waals surface area contributed by atoms with Crippen LogP contribution in [0.5, 0.6) is 0 Å². The third kappa shape index (κ3) is 18.5. The minimum Gasteiger partial charge on any atom is -0.375 e. The van der Waals surface area contributed by atoms with Crippen LogP contribution in [0.1, 0.15) is 86.6 Å². The predicted octanol–water partition coefficient (Wildman–Crippen LogP) is 1.99. The monoisotopic (exact) mass is 688 g/mol. The highest BCUT2D eigenvalue weighted by atomic mass is 16.5. The van der Waals surface area contributed by atoms with Gasteiger partial charge in [0, 0.05) is 24.4 Å². The number of ketones is 1. The molecule has 1 rings (SSSR count). The van der Waals surface area contributed by atoms with E-state index in [9.17, 15) is 28.8 Å². The zero-order valence-corrected chi connectivity index (χ0v) is 30.8. The Morgan fingerprint density at radius 1 is 0.755 bits per heavy atom. The van der Waals surface area contributed by atoms with Crippen LogP contribution in [0.15, 0.2) is 30.3 Å². The van der Waals surface area contributed by atoms with Crippen LogP contribution >= 0.6 is 0 Å². The van der Waals surface area contributed by atoms with Crippen LogP contribution in [-0.2, 0) is 39.9 Å². The van der Waals surface area contributed by atoms with Gasteiger partial charge in [-0.1, -0.05) is 78.8 Å². The van der Waals surface area contributed by atoms with E-state index in [2.05, 4.69) is 59.6 Å². The van der Waals surface area contributed by atoms with E-state index in [-0.39, 0.29) is 55.9 Å². The molecule has 6 N–H and O–H groups in total. The molecule has 0 aliphatic rings. The van der Waals surface area contributed by atoms with Gasteiger partial charge < -0.3 is 31.3 Å². The van der Waals surface area contributed by atoms with E-state index in [1.165, 1.54) is 0 Å². The summed E-state index contributed by atoms with van der Waals surface area (Å²) in [5.74, 6) is -2.08. The number of rotatable bonds is 24. The summed E-state index contributed by atoms with van der Waals surface area (Å²) < 4.78 is 6.19. The summed E-state index contributed by atoms with van der Waals surface area (Å²) in [5, 5.41) is 15.6. The van der Waals surface area contributed by atoms with Crippen LogP contribution in [0.4, 0.5) is 0 Å². The maximum absolute atomic E-state index is 13.0. The third-order valence-electron chi connectivity index (χ3n) is 8.36. The number of hydrogen-bond donors (Lipinski definition) is 6. The molecule has 1 aromatic carbocycles. The van der Waals surface area contributed by atoms with Crippen molar-refractivity contribution < 1.29 is 33.5 Å². The molecule has 1 unspecified atom stereocenters. The van der Waals surface area contributed by atoms with E-state index in [1.54, 1.807) is 52.0 Å². The van der Waals surface area contributed by atoms with Crippen molar-refractivity contribution in [2.45, 2.75) is 99.1 Å². The second-order valence-corrected chi connectivity index (χ2v) is 14.0. The first-order chi connectivity index (χ1) is 23.0. The van der Waals surface area contributed by atoms with Crippen LogP contribution in [-0.4, -0.2) is 86.4 Å². The van der Waals surface area contributed by atoms with Crippen LogP contribution < -0.4 is 31.9 Å². The van der Waals surface area contributed by atoms with Crippen molar-refractivity contribution >= 4 is 35.3 Å². The second-order valence-electron chi connectivity index (χ2n) is 14.0. The van der Waals surface area contributed by atoms with Gasteiger partial charge in [0.1, 0.15) is 11.8 Å². The minimum atomic E-state index is -1.02. The number of benzene rings is 1. The molecule has 276 valence electrons. The number of amides is 5. The maximum Gasteiger partial charge on any atom is 0.243 e. The van der Waals surface area contributed by atoms with Gasteiger partial charge in [0.05, 0.1) is 38.4 Å². The fourth-order valence-corrected chi connectivity index (χ4v) is 4.46. The first-order valence-corrected chi connectivity index (χ1v) is 17.3. The first-order valence-electron chi connectivity index (χ1n) is 17.3. The summed E-state index contributed by atoms with van der Waals surface area (Å²) in [5.41, 5.74) is -0.246. The number of hydrogen-bond acceptors (Lipinski definition) is 8. The van der Waals surface area contributed by atoms with Crippen molar-refractivity contribution in [3.05, 3.63) is 35.9 Å². The van der Waals surface area contributed by atoms with E-state index in [4.69, 9.17) is 4.74 Å². The number of carbonyl (C=O) groups excluding carboxylic acids is 6. The molecule has 0 heterocycles. The topological polar surface area (TPSA) is 184 Å². The Hall–Kier alpha value is -3.84. The molecule has 0 radical (unpaired) electrons. The van der Waals surface area contributed by atoms with E-state index in [1.807, 2.05) is 6.07 Å². The number of carbonyl (C=O) groups is 6. The fraction of sp³-hybridized carbons (Fsp3) is 0.667. The average molecular weight is 689 g/mol. The van der Waals surface area contributed by atoms with Gasteiger partial charge >= 0.3 is 0 Å². The number of ether oxygens (including phenoxy) is 1. The lowest BCUT2D eigenvalue weighted by molar-refractivity contribution is -0.134. The minimum absolute atomic E-state index is 0.00988. The van der Waals surface area contributed by atoms with Gasteiger partial charge in [-0.25, -0.2) is 0 Å². The van der Waals surface area contributed by atoms with Crippen LogP contribution in [0.25, 0.3) is 0 Å². The lowest BCUT2D eigenvalue weighted by Gasteiger charge is -2.31. The standard InChI is InChI=1S/C36H60N6O7/c1-9-36(8,16-15-25(2)3)49-18-17-35(6,7)34(48)40-22-30(44)38-23-32(46)42-28(19-27-13-11-10-12-14-27)33(47)39-21-31(45)41-24-37-20-29(43)26(4)5/h10-14,25-26,28,37H,9,15-24H2,1-8H3,(H,38,44)(H,39,47)(H,40,48)(H,41,45)(H,42,46)/t28-,36?/m0/s1. The molecule has 49 heavy (non-hydrogen) atoms. The Kier molecular flexibility index (Phi) is 19.4. The van der Waals surface area contributed by atoms with E-state index in [0.29, 0.717) is 18.9 Å². The van der Waals surface area contributed by atoms with Gasteiger partial charge in [0.15, 0.2) is 0 Å². The Labute approximate surface area is 292 Å². The molecule has 0 spiro atoms. The van der Waals surface area contributed by atoms with Crippen molar-refractivity contribution in [3.8, 4) is 0 Å². The van der Waals surface area contributed by atoms with Crippen LogP contribution in [0.3, 0.4) is 0 Å². The Morgan fingerprint density at radius 2 is 1.37 bits per heavy atom. The predicted molar refractivity (Wildman–Crippen MR) is 189 cm³/mol.